The Balaban J connectivity index is 1.91. The van der Waals surface area contributed by atoms with E-state index in [1.165, 1.54) is 26.8 Å². The first-order valence-electron chi connectivity index (χ1n) is 6.50. The van der Waals surface area contributed by atoms with Crippen LogP contribution in [0.5, 0.6) is 0 Å². The van der Waals surface area contributed by atoms with Gasteiger partial charge in [0, 0.05) is 9.17 Å². The van der Waals surface area contributed by atoms with Gasteiger partial charge in [-0.25, -0.2) is 0 Å². The summed E-state index contributed by atoms with van der Waals surface area (Å²) in [6.07, 6.45) is 0.861. The minimum atomic E-state index is 0.0146. The van der Waals surface area contributed by atoms with Gasteiger partial charge in [0.2, 0.25) is 0 Å². The molecule has 0 saturated heterocycles. The first-order chi connectivity index (χ1) is 9.65. The minimum Gasteiger partial charge on any atom is -0.142 e. The van der Waals surface area contributed by atoms with Crippen LogP contribution in [0, 0.1) is 6.92 Å². The maximum Gasteiger partial charge on any atom is 0.0639 e. The molecule has 3 aromatic rings. The zero-order chi connectivity index (χ0) is 14.1. The lowest BCUT2D eigenvalue weighted by molar-refractivity contribution is 0.931. The molecule has 1 heterocycles. The summed E-state index contributed by atoms with van der Waals surface area (Å²) in [4.78, 5) is 0. The highest BCUT2D eigenvalue weighted by Crippen LogP contribution is 2.38. The van der Waals surface area contributed by atoms with Crippen molar-refractivity contribution in [2.45, 2.75) is 18.7 Å². The van der Waals surface area contributed by atoms with Gasteiger partial charge in [0.05, 0.1) is 5.38 Å². The van der Waals surface area contributed by atoms with Gasteiger partial charge in [-0.3, -0.25) is 0 Å². The van der Waals surface area contributed by atoms with Crippen molar-refractivity contribution in [3.8, 4) is 0 Å². The van der Waals surface area contributed by atoms with Gasteiger partial charge < -0.3 is 0 Å². The molecule has 0 spiro atoms. The largest absolute Gasteiger partial charge is 0.142 e. The molecule has 0 aliphatic rings. The summed E-state index contributed by atoms with van der Waals surface area (Å²) in [6.45, 7) is 2.10. The van der Waals surface area contributed by atoms with E-state index < -0.39 is 0 Å². The van der Waals surface area contributed by atoms with Crippen molar-refractivity contribution in [3.05, 3.63) is 69.0 Å². The van der Waals surface area contributed by atoms with Crippen molar-refractivity contribution in [1.82, 2.24) is 0 Å². The normalized spacial score (nSPS) is 12.8. The second kappa shape index (κ2) is 5.88. The maximum absolute atomic E-state index is 6.64. The molecule has 0 amide bonds. The second-order valence-corrected chi connectivity index (χ2v) is 7.23. The molecule has 0 nitrogen and oxygen atoms in total. The molecule has 3 heteroatoms. The van der Waals surface area contributed by atoms with Crippen molar-refractivity contribution in [1.29, 1.82) is 0 Å². The monoisotopic (exact) mass is 364 g/mol. The lowest BCUT2D eigenvalue weighted by Crippen LogP contribution is -1.95. The summed E-state index contributed by atoms with van der Waals surface area (Å²) in [5, 5.41) is 3.46. The first-order valence-corrected chi connectivity index (χ1v) is 8.61. The molecule has 0 bridgehead atoms. The number of halogens is 2. The molecule has 0 aliphatic heterocycles. The molecule has 1 unspecified atom stereocenters. The van der Waals surface area contributed by atoms with Crippen LogP contribution < -0.4 is 0 Å². The number of hydrogen-bond acceptors (Lipinski definition) is 1. The van der Waals surface area contributed by atoms with Gasteiger partial charge in [0.15, 0.2) is 0 Å². The Morgan fingerprint density at radius 2 is 1.90 bits per heavy atom. The van der Waals surface area contributed by atoms with Crippen LogP contribution in [0.4, 0.5) is 0 Å². The van der Waals surface area contributed by atoms with Crippen LogP contribution in [0.15, 0.2) is 52.3 Å². The molecule has 2 aromatic carbocycles. The average molecular weight is 366 g/mol. The highest BCUT2D eigenvalue weighted by molar-refractivity contribution is 9.10. The molecule has 0 radical (unpaired) electrons. The van der Waals surface area contributed by atoms with Crippen LogP contribution in [0.1, 0.15) is 22.1 Å². The summed E-state index contributed by atoms with van der Waals surface area (Å²) < 4.78 is 2.42. The van der Waals surface area contributed by atoms with Crippen LogP contribution >= 0.6 is 38.9 Å². The fourth-order valence-corrected chi connectivity index (χ4v) is 4.43. The van der Waals surface area contributed by atoms with Crippen LogP contribution in [0.3, 0.4) is 0 Å². The third-order valence-electron chi connectivity index (χ3n) is 3.45. The Bertz CT molecular complexity index is 730. The van der Waals surface area contributed by atoms with Crippen LogP contribution in [0.25, 0.3) is 10.1 Å². The Labute approximate surface area is 136 Å². The number of aryl methyl sites for hydroxylation is 1. The smallest absolute Gasteiger partial charge is 0.0639 e. The van der Waals surface area contributed by atoms with Gasteiger partial charge in [-0.05, 0) is 57.2 Å². The van der Waals surface area contributed by atoms with Gasteiger partial charge in [-0.15, -0.1) is 22.9 Å². The summed E-state index contributed by atoms with van der Waals surface area (Å²) in [5.74, 6) is 0. The van der Waals surface area contributed by atoms with E-state index in [1.807, 2.05) is 0 Å². The molecule has 0 N–H and O–H groups in total. The number of rotatable bonds is 3. The van der Waals surface area contributed by atoms with Gasteiger partial charge in [-0.2, -0.15) is 0 Å². The zero-order valence-electron chi connectivity index (χ0n) is 11.1. The zero-order valence-corrected chi connectivity index (χ0v) is 14.2. The van der Waals surface area contributed by atoms with E-state index in [9.17, 15) is 0 Å². The standard InChI is InChI=1S/C17H14BrClS/c1-11-5-7-12(8-6-11)9-16(19)14-10-20-17-13(14)3-2-4-15(17)18/h2-8,10,16H,9H2,1H3. The second-order valence-electron chi connectivity index (χ2n) is 4.96. The number of alkyl halides is 1. The lowest BCUT2D eigenvalue weighted by Gasteiger charge is -2.09. The van der Waals surface area contributed by atoms with Crippen LogP contribution in [-0.4, -0.2) is 0 Å². The number of fused-ring (bicyclic) bond motifs is 1. The molecule has 20 heavy (non-hydrogen) atoms. The molecule has 102 valence electrons. The summed E-state index contributed by atoms with van der Waals surface area (Å²) in [7, 11) is 0. The molecule has 0 fully saturated rings. The van der Waals surface area contributed by atoms with E-state index in [0.29, 0.717) is 0 Å². The minimum absolute atomic E-state index is 0.0146. The van der Waals surface area contributed by atoms with E-state index in [0.717, 1.165) is 10.9 Å². The summed E-state index contributed by atoms with van der Waals surface area (Å²) in [5.41, 5.74) is 3.79. The van der Waals surface area contributed by atoms with Gasteiger partial charge in [0.1, 0.15) is 0 Å². The van der Waals surface area contributed by atoms with Crippen molar-refractivity contribution >= 4 is 49.0 Å². The van der Waals surface area contributed by atoms with E-state index in [1.54, 1.807) is 11.3 Å². The molecule has 3 rings (SSSR count). The van der Waals surface area contributed by atoms with E-state index in [-0.39, 0.29) is 5.38 Å². The average Bonchev–Trinajstić information content (AvgIpc) is 2.87. The maximum atomic E-state index is 6.64. The molecule has 0 saturated carbocycles. The molecule has 0 aliphatic carbocycles. The summed E-state index contributed by atoms with van der Waals surface area (Å²) >= 11 is 12.0. The third kappa shape index (κ3) is 2.78. The van der Waals surface area contributed by atoms with Crippen molar-refractivity contribution in [2.75, 3.05) is 0 Å². The Kier molecular flexibility index (Phi) is 4.16. The number of thiophene rings is 1. The molecule has 1 atom stereocenters. The fraction of sp³-hybridized carbons (Fsp3) is 0.176. The summed E-state index contributed by atoms with van der Waals surface area (Å²) in [6, 6.07) is 14.9. The topological polar surface area (TPSA) is 0 Å². The van der Waals surface area contributed by atoms with E-state index in [2.05, 4.69) is 70.7 Å². The fourth-order valence-electron chi connectivity index (χ4n) is 2.33. The van der Waals surface area contributed by atoms with Crippen LogP contribution in [-0.2, 0) is 6.42 Å². The van der Waals surface area contributed by atoms with E-state index in [4.69, 9.17) is 11.6 Å². The van der Waals surface area contributed by atoms with Crippen molar-refractivity contribution in [3.63, 3.8) is 0 Å². The van der Waals surface area contributed by atoms with E-state index >= 15 is 0 Å². The quantitative estimate of drug-likeness (QED) is 0.465. The third-order valence-corrected chi connectivity index (χ3v) is 5.81. The molecular weight excluding hydrogens is 352 g/mol. The molecular formula is C17H14BrClS. The van der Waals surface area contributed by atoms with Gasteiger partial charge >= 0.3 is 0 Å². The predicted octanol–water partition coefficient (Wildman–Crippen LogP) is 6.49. The SMILES string of the molecule is Cc1ccc(CC(Cl)c2csc3c(Br)cccc23)cc1. The van der Waals surface area contributed by atoms with Gasteiger partial charge in [-0.1, -0.05) is 42.0 Å². The highest BCUT2D eigenvalue weighted by Gasteiger charge is 2.15. The van der Waals surface area contributed by atoms with Gasteiger partial charge in [0.25, 0.3) is 0 Å². The highest BCUT2D eigenvalue weighted by atomic mass is 79.9. The van der Waals surface area contributed by atoms with Crippen molar-refractivity contribution < 1.29 is 0 Å². The number of benzene rings is 2. The predicted molar refractivity (Wildman–Crippen MR) is 93.0 cm³/mol. The van der Waals surface area contributed by atoms with Crippen LogP contribution in [0.2, 0.25) is 0 Å². The Morgan fingerprint density at radius 3 is 2.65 bits per heavy atom. The van der Waals surface area contributed by atoms with Crippen molar-refractivity contribution in [2.24, 2.45) is 0 Å². The first kappa shape index (κ1) is 14.1. The molecule has 1 aromatic heterocycles. The lowest BCUT2D eigenvalue weighted by atomic mass is 10.0. The Hall–Kier alpha value is -0.830. The Morgan fingerprint density at radius 1 is 1.15 bits per heavy atom. The number of hydrogen-bond donors (Lipinski definition) is 0.